The fourth-order valence-corrected chi connectivity index (χ4v) is 2.91. The van der Waals surface area contributed by atoms with Gasteiger partial charge in [-0.2, -0.15) is 0 Å². The molecule has 0 bridgehead atoms. The van der Waals surface area contributed by atoms with Gasteiger partial charge >= 0.3 is 0 Å². The molecular formula is C17H19NO. The maximum atomic E-state index is 6.03. The summed E-state index contributed by atoms with van der Waals surface area (Å²) in [6, 6.07) is 12.8. The quantitative estimate of drug-likeness (QED) is 0.891. The predicted octanol–water partition coefficient (Wildman–Crippen LogP) is 3.23. The molecule has 2 N–H and O–H groups in total. The molecule has 0 fully saturated rings. The molecule has 0 saturated carbocycles. The lowest BCUT2D eigenvalue weighted by molar-refractivity contribution is 0.242. The highest BCUT2D eigenvalue weighted by Crippen LogP contribution is 2.40. The summed E-state index contributed by atoms with van der Waals surface area (Å²) in [6.07, 6.45) is 1.05. The van der Waals surface area contributed by atoms with Crippen molar-refractivity contribution in [3.63, 3.8) is 0 Å². The Balaban J connectivity index is 2.16. The molecule has 1 atom stereocenters. The van der Waals surface area contributed by atoms with Crippen LogP contribution in [-0.2, 0) is 6.42 Å². The van der Waals surface area contributed by atoms with E-state index in [0.29, 0.717) is 6.54 Å². The van der Waals surface area contributed by atoms with Gasteiger partial charge in [0.1, 0.15) is 11.9 Å². The van der Waals surface area contributed by atoms with E-state index in [0.717, 1.165) is 12.2 Å². The summed E-state index contributed by atoms with van der Waals surface area (Å²) in [5.41, 5.74) is 12.1. The normalized spacial score (nSPS) is 17.1. The van der Waals surface area contributed by atoms with Crippen molar-refractivity contribution in [2.45, 2.75) is 26.4 Å². The molecule has 2 heteroatoms. The van der Waals surface area contributed by atoms with E-state index in [4.69, 9.17) is 10.5 Å². The minimum Gasteiger partial charge on any atom is -0.488 e. The molecule has 2 aromatic rings. The van der Waals surface area contributed by atoms with Crippen LogP contribution in [0.5, 0.6) is 5.75 Å². The van der Waals surface area contributed by atoms with E-state index in [-0.39, 0.29) is 6.10 Å². The Labute approximate surface area is 114 Å². The van der Waals surface area contributed by atoms with Gasteiger partial charge in [-0.1, -0.05) is 36.4 Å². The van der Waals surface area contributed by atoms with Crippen LogP contribution < -0.4 is 10.5 Å². The van der Waals surface area contributed by atoms with E-state index >= 15 is 0 Å². The predicted molar refractivity (Wildman–Crippen MR) is 78.5 cm³/mol. The Kier molecular flexibility index (Phi) is 3.03. The SMILES string of the molecule is Cc1cccc(C)c1-c1cccc2c1OC(CN)C2. The zero-order chi connectivity index (χ0) is 13.4. The summed E-state index contributed by atoms with van der Waals surface area (Å²) >= 11 is 0. The van der Waals surface area contributed by atoms with Crippen LogP contribution in [0.4, 0.5) is 0 Å². The van der Waals surface area contributed by atoms with Crippen molar-refractivity contribution < 1.29 is 4.74 Å². The molecule has 0 aliphatic carbocycles. The number of ether oxygens (including phenoxy) is 1. The Morgan fingerprint density at radius 1 is 1.11 bits per heavy atom. The number of aryl methyl sites for hydroxylation is 2. The van der Waals surface area contributed by atoms with E-state index in [1.165, 1.54) is 27.8 Å². The lowest BCUT2D eigenvalue weighted by Crippen LogP contribution is -2.24. The van der Waals surface area contributed by atoms with E-state index in [1.807, 2.05) is 0 Å². The number of rotatable bonds is 2. The van der Waals surface area contributed by atoms with Crippen LogP contribution in [0, 0.1) is 13.8 Å². The second-order valence-corrected chi connectivity index (χ2v) is 5.24. The fraction of sp³-hybridized carbons (Fsp3) is 0.294. The molecule has 0 spiro atoms. The second-order valence-electron chi connectivity index (χ2n) is 5.24. The van der Waals surface area contributed by atoms with Crippen molar-refractivity contribution in [2.24, 2.45) is 5.73 Å². The smallest absolute Gasteiger partial charge is 0.130 e. The molecule has 3 rings (SSSR count). The highest BCUT2D eigenvalue weighted by Gasteiger charge is 2.25. The second kappa shape index (κ2) is 4.71. The van der Waals surface area contributed by atoms with Gasteiger partial charge in [0.2, 0.25) is 0 Å². The van der Waals surface area contributed by atoms with Crippen LogP contribution in [-0.4, -0.2) is 12.6 Å². The van der Waals surface area contributed by atoms with Gasteiger partial charge in [-0.15, -0.1) is 0 Å². The monoisotopic (exact) mass is 253 g/mol. The molecule has 2 nitrogen and oxygen atoms in total. The first-order chi connectivity index (χ1) is 9.20. The van der Waals surface area contributed by atoms with Gasteiger partial charge in [-0.05, 0) is 36.1 Å². The van der Waals surface area contributed by atoms with Crippen LogP contribution in [0.3, 0.4) is 0 Å². The number of fused-ring (bicyclic) bond motifs is 1. The molecule has 0 radical (unpaired) electrons. The maximum absolute atomic E-state index is 6.03. The van der Waals surface area contributed by atoms with Gasteiger partial charge < -0.3 is 10.5 Å². The largest absolute Gasteiger partial charge is 0.488 e. The molecule has 1 unspecified atom stereocenters. The zero-order valence-electron chi connectivity index (χ0n) is 11.4. The molecule has 0 aromatic heterocycles. The number of para-hydroxylation sites is 1. The lowest BCUT2D eigenvalue weighted by atomic mass is 9.93. The van der Waals surface area contributed by atoms with Crippen molar-refractivity contribution in [1.82, 2.24) is 0 Å². The van der Waals surface area contributed by atoms with Gasteiger partial charge in [0, 0.05) is 18.5 Å². The van der Waals surface area contributed by atoms with Gasteiger partial charge in [0.05, 0.1) is 0 Å². The Hall–Kier alpha value is -1.80. The van der Waals surface area contributed by atoms with E-state index in [2.05, 4.69) is 50.2 Å². The third-order valence-corrected chi connectivity index (χ3v) is 3.84. The number of hydrogen-bond acceptors (Lipinski definition) is 2. The van der Waals surface area contributed by atoms with Gasteiger partial charge in [-0.25, -0.2) is 0 Å². The molecule has 0 saturated heterocycles. The number of nitrogens with two attached hydrogens (primary N) is 1. The van der Waals surface area contributed by atoms with Gasteiger partial charge in [-0.3, -0.25) is 0 Å². The Morgan fingerprint density at radius 2 is 1.79 bits per heavy atom. The van der Waals surface area contributed by atoms with Crippen molar-refractivity contribution in [2.75, 3.05) is 6.54 Å². The summed E-state index contributed by atoms with van der Waals surface area (Å²) in [5, 5.41) is 0. The first kappa shape index (κ1) is 12.2. The highest BCUT2D eigenvalue weighted by atomic mass is 16.5. The molecule has 98 valence electrons. The lowest BCUT2D eigenvalue weighted by Gasteiger charge is -2.14. The molecule has 0 amide bonds. The van der Waals surface area contributed by atoms with E-state index in [1.54, 1.807) is 0 Å². The third kappa shape index (κ3) is 2.02. The minimum absolute atomic E-state index is 0.125. The van der Waals surface area contributed by atoms with Gasteiger partial charge in [0.25, 0.3) is 0 Å². The van der Waals surface area contributed by atoms with Crippen LogP contribution in [0.2, 0.25) is 0 Å². The first-order valence-electron chi connectivity index (χ1n) is 6.76. The maximum Gasteiger partial charge on any atom is 0.130 e. The molecule has 1 aliphatic rings. The van der Waals surface area contributed by atoms with Crippen molar-refractivity contribution in [3.05, 3.63) is 53.1 Å². The summed E-state index contributed by atoms with van der Waals surface area (Å²) in [7, 11) is 0. The number of hydrogen-bond donors (Lipinski definition) is 1. The average Bonchev–Trinajstić information content (AvgIpc) is 2.82. The third-order valence-electron chi connectivity index (χ3n) is 3.84. The van der Waals surface area contributed by atoms with Crippen LogP contribution in [0.25, 0.3) is 11.1 Å². The summed E-state index contributed by atoms with van der Waals surface area (Å²) in [4.78, 5) is 0. The van der Waals surface area contributed by atoms with Crippen LogP contribution in [0.1, 0.15) is 16.7 Å². The zero-order valence-corrected chi connectivity index (χ0v) is 11.4. The Bertz CT molecular complexity index is 598. The summed E-state index contributed by atoms with van der Waals surface area (Å²) in [5.74, 6) is 1.02. The summed E-state index contributed by atoms with van der Waals surface area (Å²) < 4.78 is 6.03. The fourth-order valence-electron chi connectivity index (χ4n) is 2.91. The standard InChI is InChI=1S/C17H19NO/c1-11-5-3-6-12(2)16(11)15-8-4-7-13-9-14(10-18)19-17(13)15/h3-8,14H,9-10,18H2,1-2H3. The Morgan fingerprint density at radius 3 is 2.47 bits per heavy atom. The molecular weight excluding hydrogens is 234 g/mol. The highest BCUT2D eigenvalue weighted by molar-refractivity contribution is 5.78. The van der Waals surface area contributed by atoms with Crippen molar-refractivity contribution in [1.29, 1.82) is 0 Å². The molecule has 1 heterocycles. The summed E-state index contributed by atoms with van der Waals surface area (Å²) in [6.45, 7) is 4.87. The van der Waals surface area contributed by atoms with Crippen molar-refractivity contribution >= 4 is 0 Å². The molecule has 1 aliphatic heterocycles. The molecule has 19 heavy (non-hydrogen) atoms. The first-order valence-corrected chi connectivity index (χ1v) is 6.76. The average molecular weight is 253 g/mol. The van der Waals surface area contributed by atoms with Crippen LogP contribution >= 0.6 is 0 Å². The van der Waals surface area contributed by atoms with Crippen molar-refractivity contribution in [3.8, 4) is 16.9 Å². The van der Waals surface area contributed by atoms with Crippen LogP contribution in [0.15, 0.2) is 36.4 Å². The molecule has 2 aromatic carbocycles. The minimum atomic E-state index is 0.125. The van der Waals surface area contributed by atoms with E-state index in [9.17, 15) is 0 Å². The van der Waals surface area contributed by atoms with Gasteiger partial charge in [0.15, 0.2) is 0 Å². The topological polar surface area (TPSA) is 35.2 Å². The van der Waals surface area contributed by atoms with E-state index < -0.39 is 0 Å². The number of benzene rings is 2.